The Morgan fingerprint density at radius 2 is 1.63 bits per heavy atom. The number of allylic oxidation sites excluding steroid dienone is 2. The molecule has 2 saturated carbocycles. The molecular formula is C38H61NO4. The number of nitriles is 1. The summed E-state index contributed by atoms with van der Waals surface area (Å²) in [7, 11) is 0. The van der Waals surface area contributed by atoms with Crippen LogP contribution in [0.3, 0.4) is 0 Å². The molecule has 5 heteroatoms. The quantitative estimate of drug-likeness (QED) is 0.261. The zero-order valence-electron chi connectivity index (χ0n) is 29.8. The predicted molar refractivity (Wildman–Crippen MR) is 173 cm³/mol. The number of esters is 1. The lowest BCUT2D eigenvalue weighted by atomic mass is 9.39. The molecule has 0 radical (unpaired) electrons. The van der Waals surface area contributed by atoms with Gasteiger partial charge in [-0.25, -0.2) is 0 Å². The number of hydrogen-bond donors (Lipinski definition) is 0. The summed E-state index contributed by atoms with van der Waals surface area (Å²) in [5.74, 6) is 0.436. The fraction of sp³-hybridized carbons (Fsp3) is 0.842. The lowest BCUT2D eigenvalue weighted by Crippen LogP contribution is -2.60. The van der Waals surface area contributed by atoms with Gasteiger partial charge in [0.05, 0.1) is 17.6 Å². The van der Waals surface area contributed by atoms with Crippen LogP contribution in [-0.2, 0) is 19.1 Å². The summed E-state index contributed by atoms with van der Waals surface area (Å²) in [6.07, 6.45) is 9.36. The van der Waals surface area contributed by atoms with Gasteiger partial charge in [-0.2, -0.15) is 5.26 Å². The minimum absolute atomic E-state index is 0.000596. The molecule has 0 amide bonds. The third-order valence-corrected chi connectivity index (χ3v) is 13.1. The van der Waals surface area contributed by atoms with E-state index in [9.17, 15) is 19.6 Å². The molecule has 3 aliphatic rings. The van der Waals surface area contributed by atoms with Gasteiger partial charge < -0.3 is 9.53 Å². The van der Waals surface area contributed by atoms with Crippen molar-refractivity contribution in [1.29, 1.82) is 5.26 Å². The smallest absolute Gasteiger partial charge is 0.311 e. The minimum atomic E-state index is -0.652. The Hall–Kier alpha value is -1.96. The molecular weight excluding hydrogens is 534 g/mol. The lowest BCUT2D eigenvalue weighted by Gasteiger charge is -2.64. The van der Waals surface area contributed by atoms with Gasteiger partial charge in [0.15, 0.2) is 5.78 Å². The maximum Gasteiger partial charge on any atom is 0.311 e. The Kier molecular flexibility index (Phi) is 9.45. The van der Waals surface area contributed by atoms with Gasteiger partial charge in [0.2, 0.25) is 0 Å². The molecule has 1 unspecified atom stereocenters. The van der Waals surface area contributed by atoms with Gasteiger partial charge in [0.25, 0.3) is 0 Å². The van der Waals surface area contributed by atoms with Gasteiger partial charge >= 0.3 is 5.97 Å². The molecule has 3 aliphatic carbocycles. The van der Waals surface area contributed by atoms with E-state index in [1.54, 1.807) is 6.92 Å². The van der Waals surface area contributed by atoms with Crippen molar-refractivity contribution in [1.82, 2.24) is 0 Å². The Balaban J connectivity index is 2.02. The Morgan fingerprint density at radius 3 is 2.14 bits per heavy atom. The highest BCUT2D eigenvalue weighted by molar-refractivity contribution is 6.04. The van der Waals surface area contributed by atoms with Crippen LogP contribution in [-0.4, -0.2) is 24.1 Å². The second-order valence-corrected chi connectivity index (χ2v) is 18.4. The molecule has 0 aromatic carbocycles. The van der Waals surface area contributed by atoms with E-state index in [4.69, 9.17) is 4.74 Å². The van der Waals surface area contributed by atoms with E-state index >= 15 is 0 Å². The monoisotopic (exact) mass is 595 g/mol. The SMILES string of the molecule is CC(=O)C[C@@H]1[C@@]2(C)C=C(C#N)C(=O)C(C)(C)[C@@H]2CC[C@@]1(C)C(C)(C)CC[C@@]1(COC(=O)C(C)(C)C)CCC(C)(C)CC1C. The molecule has 43 heavy (non-hydrogen) atoms. The molecule has 0 spiro atoms. The number of rotatable bonds is 8. The lowest BCUT2D eigenvalue weighted by molar-refractivity contribution is -0.163. The molecule has 0 N–H and O–H groups in total. The first-order chi connectivity index (χ1) is 19.4. The zero-order valence-corrected chi connectivity index (χ0v) is 29.8. The molecule has 0 aliphatic heterocycles. The van der Waals surface area contributed by atoms with E-state index < -0.39 is 16.2 Å². The van der Waals surface area contributed by atoms with Crippen LogP contribution < -0.4 is 0 Å². The number of carbonyl (C=O) groups excluding carboxylic acids is 3. The summed E-state index contributed by atoms with van der Waals surface area (Å²) in [6.45, 7) is 28.2. The zero-order chi connectivity index (χ0) is 33.0. The van der Waals surface area contributed by atoms with Crippen molar-refractivity contribution in [2.75, 3.05) is 6.61 Å². The topological polar surface area (TPSA) is 84.2 Å². The number of ketones is 2. The first-order valence-electron chi connectivity index (χ1n) is 16.7. The van der Waals surface area contributed by atoms with Crippen LogP contribution in [0.2, 0.25) is 0 Å². The Labute approximate surface area is 263 Å². The normalized spacial score (nSPS) is 35.8. The third-order valence-electron chi connectivity index (χ3n) is 13.1. The molecule has 0 saturated heterocycles. The van der Waals surface area contributed by atoms with Gasteiger partial charge in [-0.1, -0.05) is 68.4 Å². The van der Waals surface area contributed by atoms with Crippen LogP contribution in [0.4, 0.5) is 0 Å². The van der Waals surface area contributed by atoms with Gasteiger partial charge in [-0.15, -0.1) is 0 Å². The largest absolute Gasteiger partial charge is 0.465 e. The van der Waals surface area contributed by atoms with E-state index in [0.29, 0.717) is 18.9 Å². The summed E-state index contributed by atoms with van der Waals surface area (Å²) in [4.78, 5) is 39.2. The number of carbonyl (C=O) groups is 3. The second-order valence-electron chi connectivity index (χ2n) is 18.4. The van der Waals surface area contributed by atoms with Crippen LogP contribution in [0.5, 0.6) is 0 Å². The maximum absolute atomic E-state index is 13.3. The number of ether oxygens (including phenoxy) is 1. The van der Waals surface area contributed by atoms with Crippen molar-refractivity contribution in [3.8, 4) is 6.07 Å². The summed E-state index contributed by atoms with van der Waals surface area (Å²) in [6, 6.07) is 2.21. The van der Waals surface area contributed by atoms with E-state index in [2.05, 4.69) is 54.5 Å². The van der Waals surface area contributed by atoms with E-state index in [1.165, 1.54) is 0 Å². The predicted octanol–water partition coefficient (Wildman–Crippen LogP) is 9.29. The van der Waals surface area contributed by atoms with Crippen LogP contribution in [0, 0.1) is 67.0 Å². The van der Waals surface area contributed by atoms with Gasteiger partial charge in [-0.3, -0.25) is 9.59 Å². The van der Waals surface area contributed by atoms with E-state index in [0.717, 1.165) is 44.9 Å². The molecule has 0 heterocycles. The van der Waals surface area contributed by atoms with Gasteiger partial charge in [0.1, 0.15) is 11.9 Å². The van der Waals surface area contributed by atoms with Crippen LogP contribution in [0.25, 0.3) is 0 Å². The Morgan fingerprint density at radius 1 is 1.02 bits per heavy atom. The third kappa shape index (κ3) is 6.41. The van der Waals surface area contributed by atoms with Crippen molar-refractivity contribution < 1.29 is 19.1 Å². The molecule has 0 aromatic rings. The number of nitrogens with zero attached hydrogens (tertiary/aromatic N) is 1. The van der Waals surface area contributed by atoms with Crippen molar-refractivity contribution in [2.45, 2.75) is 141 Å². The number of fused-ring (bicyclic) bond motifs is 1. The van der Waals surface area contributed by atoms with Crippen molar-refractivity contribution >= 4 is 17.5 Å². The number of Topliss-reactive ketones (excluding diaryl/α,β-unsaturated/α-hetero) is 2. The highest BCUT2D eigenvalue weighted by atomic mass is 16.5. The number of hydrogen-bond acceptors (Lipinski definition) is 5. The fourth-order valence-electron chi connectivity index (χ4n) is 9.62. The van der Waals surface area contributed by atoms with Crippen molar-refractivity contribution in [3.05, 3.63) is 11.6 Å². The molecule has 0 bridgehead atoms. The van der Waals surface area contributed by atoms with Crippen LogP contribution in [0.15, 0.2) is 11.6 Å². The van der Waals surface area contributed by atoms with Crippen LogP contribution in [0.1, 0.15) is 141 Å². The fourth-order valence-corrected chi connectivity index (χ4v) is 9.62. The standard InChI is InChI=1S/C38H61NO4/c1-25-21-33(6,7)16-18-38(25,24-43-31(42)32(3,4)5)19-17-34(8,9)37(13)15-14-28-35(10,11)30(41)27(23-39)22-36(28,12)29(37)20-26(2)40/h22,25,28-29H,14-21,24H2,1-13H3/t25?,28-,29+,36-,37+,38+/m0/s1. The molecule has 0 aromatic heterocycles. The average Bonchev–Trinajstić information content (AvgIpc) is 2.86. The molecule has 2 fully saturated rings. The second kappa shape index (κ2) is 11.4. The maximum atomic E-state index is 13.3. The highest BCUT2D eigenvalue weighted by Crippen LogP contribution is 2.68. The molecule has 3 rings (SSSR count). The van der Waals surface area contributed by atoms with Gasteiger partial charge in [0, 0.05) is 17.3 Å². The van der Waals surface area contributed by atoms with Crippen LogP contribution >= 0.6 is 0 Å². The molecule has 5 nitrogen and oxygen atoms in total. The van der Waals surface area contributed by atoms with Crippen molar-refractivity contribution in [3.63, 3.8) is 0 Å². The highest BCUT2D eigenvalue weighted by Gasteiger charge is 2.63. The first kappa shape index (κ1) is 35.5. The summed E-state index contributed by atoms with van der Waals surface area (Å²) in [5, 5.41) is 9.97. The van der Waals surface area contributed by atoms with E-state index in [-0.39, 0.29) is 56.6 Å². The minimum Gasteiger partial charge on any atom is -0.465 e. The first-order valence-corrected chi connectivity index (χ1v) is 16.7. The summed E-state index contributed by atoms with van der Waals surface area (Å²) >= 11 is 0. The Bertz CT molecular complexity index is 1190. The summed E-state index contributed by atoms with van der Waals surface area (Å²) in [5.41, 5.74) is -1.54. The molecule has 6 atom stereocenters. The van der Waals surface area contributed by atoms with Gasteiger partial charge in [-0.05, 0) is 112 Å². The summed E-state index contributed by atoms with van der Waals surface area (Å²) < 4.78 is 6.09. The average molecular weight is 596 g/mol. The molecule has 242 valence electrons. The van der Waals surface area contributed by atoms with E-state index in [1.807, 2.05) is 40.7 Å². The van der Waals surface area contributed by atoms with Crippen molar-refractivity contribution in [2.24, 2.45) is 55.7 Å².